The Labute approximate surface area is 99.2 Å². The zero-order chi connectivity index (χ0) is 12.3. The Hall–Kier alpha value is -1.68. The van der Waals surface area contributed by atoms with Crippen molar-refractivity contribution in [2.24, 2.45) is 0 Å². The summed E-state index contributed by atoms with van der Waals surface area (Å²) in [4.78, 5) is 13.2. The Morgan fingerprint density at radius 3 is 2.88 bits per heavy atom. The molecule has 1 aliphatic heterocycles. The van der Waals surface area contributed by atoms with Crippen LogP contribution in [-0.2, 0) is 4.79 Å². The number of β-amino-alcohol motifs (C(OH)–C–C–N with tert-alkyl or cyclic N) is 1. The van der Waals surface area contributed by atoms with Crippen LogP contribution in [0.15, 0.2) is 30.3 Å². The zero-order valence-electron chi connectivity index (χ0n) is 9.34. The Bertz CT molecular complexity index is 445. The van der Waals surface area contributed by atoms with Crippen molar-refractivity contribution in [1.29, 1.82) is 0 Å². The van der Waals surface area contributed by atoms with Crippen molar-refractivity contribution in [3.8, 4) is 0 Å². The third-order valence-corrected chi connectivity index (χ3v) is 2.79. The number of halogens is 1. The minimum atomic E-state index is -0.430. The highest BCUT2D eigenvalue weighted by Crippen LogP contribution is 2.11. The number of nitrogens with zero attached hydrogens (tertiary/aromatic N) is 1. The molecule has 4 heteroatoms. The standard InChI is InChI=1S/C13H14FNO2/c14-12-4-2-1-3-10(12)5-6-13(17)15-8-7-11(16)9-15/h1-6,11,16H,7-9H2/b6-5+/t11-/m0/s1. The van der Waals surface area contributed by atoms with Crippen molar-refractivity contribution in [1.82, 2.24) is 4.90 Å². The van der Waals surface area contributed by atoms with Crippen LogP contribution in [0, 0.1) is 5.82 Å². The lowest BCUT2D eigenvalue weighted by Crippen LogP contribution is -2.27. The number of amides is 1. The number of aliphatic hydroxyl groups excluding tert-OH is 1. The van der Waals surface area contributed by atoms with E-state index in [1.54, 1.807) is 23.1 Å². The van der Waals surface area contributed by atoms with Gasteiger partial charge in [-0.05, 0) is 18.6 Å². The summed E-state index contributed by atoms with van der Waals surface area (Å²) in [5, 5.41) is 9.30. The molecule has 90 valence electrons. The SMILES string of the molecule is O=C(/C=C/c1ccccc1F)N1CC[C@H](O)C1. The number of carbonyl (C=O) groups excluding carboxylic acids is 1. The first-order valence-electron chi connectivity index (χ1n) is 5.56. The van der Waals surface area contributed by atoms with Crippen molar-refractivity contribution >= 4 is 12.0 Å². The molecule has 1 aromatic rings. The highest BCUT2D eigenvalue weighted by Gasteiger charge is 2.22. The molecule has 0 bridgehead atoms. The summed E-state index contributed by atoms with van der Waals surface area (Å²) < 4.78 is 13.3. The molecule has 1 atom stereocenters. The van der Waals surface area contributed by atoms with Gasteiger partial charge in [0.25, 0.3) is 0 Å². The molecule has 0 unspecified atom stereocenters. The molecule has 0 spiro atoms. The summed E-state index contributed by atoms with van der Waals surface area (Å²) in [7, 11) is 0. The third kappa shape index (κ3) is 2.91. The third-order valence-electron chi connectivity index (χ3n) is 2.79. The van der Waals surface area contributed by atoms with Crippen molar-refractivity contribution in [2.45, 2.75) is 12.5 Å². The van der Waals surface area contributed by atoms with E-state index in [1.165, 1.54) is 18.2 Å². The summed E-state index contributed by atoms with van der Waals surface area (Å²) in [5.74, 6) is -0.539. The molecule has 0 radical (unpaired) electrons. The number of hydrogen-bond donors (Lipinski definition) is 1. The monoisotopic (exact) mass is 235 g/mol. The van der Waals surface area contributed by atoms with E-state index in [9.17, 15) is 14.3 Å². The first-order valence-corrected chi connectivity index (χ1v) is 5.56. The molecule has 17 heavy (non-hydrogen) atoms. The van der Waals surface area contributed by atoms with Crippen LogP contribution >= 0.6 is 0 Å². The van der Waals surface area contributed by atoms with Crippen molar-refractivity contribution in [3.63, 3.8) is 0 Å². The molecule has 0 aromatic heterocycles. The van der Waals surface area contributed by atoms with Crippen molar-refractivity contribution < 1.29 is 14.3 Å². The maximum absolute atomic E-state index is 13.3. The number of hydrogen-bond acceptors (Lipinski definition) is 2. The first kappa shape index (κ1) is 11.8. The maximum Gasteiger partial charge on any atom is 0.246 e. The van der Waals surface area contributed by atoms with E-state index in [4.69, 9.17) is 0 Å². The van der Waals surface area contributed by atoms with Crippen LogP contribution < -0.4 is 0 Å². The lowest BCUT2D eigenvalue weighted by Gasteiger charge is -2.12. The van der Waals surface area contributed by atoms with Crippen molar-refractivity contribution in [2.75, 3.05) is 13.1 Å². The Balaban J connectivity index is 2.01. The zero-order valence-corrected chi connectivity index (χ0v) is 9.34. The number of carbonyl (C=O) groups is 1. The lowest BCUT2D eigenvalue weighted by atomic mass is 10.2. The van der Waals surface area contributed by atoms with Gasteiger partial charge in [-0.3, -0.25) is 4.79 Å². The summed E-state index contributed by atoms with van der Waals surface area (Å²) in [6.45, 7) is 0.919. The minimum absolute atomic E-state index is 0.190. The van der Waals surface area contributed by atoms with E-state index in [2.05, 4.69) is 0 Å². The molecule has 1 N–H and O–H groups in total. The Kier molecular flexibility index (Phi) is 3.54. The highest BCUT2D eigenvalue weighted by molar-refractivity contribution is 5.92. The fraction of sp³-hybridized carbons (Fsp3) is 0.308. The van der Waals surface area contributed by atoms with E-state index < -0.39 is 6.10 Å². The Morgan fingerprint density at radius 1 is 1.47 bits per heavy atom. The van der Waals surface area contributed by atoms with Gasteiger partial charge in [0.1, 0.15) is 5.82 Å². The number of likely N-dealkylation sites (tertiary alicyclic amines) is 1. The second-order valence-electron chi connectivity index (χ2n) is 4.08. The molecule has 2 rings (SSSR count). The molecular weight excluding hydrogens is 221 g/mol. The van der Waals surface area contributed by atoms with Gasteiger partial charge in [-0.1, -0.05) is 18.2 Å². The van der Waals surface area contributed by atoms with E-state index in [0.29, 0.717) is 25.1 Å². The molecule has 0 aliphatic carbocycles. The van der Waals surface area contributed by atoms with Gasteiger partial charge in [-0.25, -0.2) is 4.39 Å². The van der Waals surface area contributed by atoms with Crippen LogP contribution in [-0.4, -0.2) is 35.1 Å². The molecular formula is C13H14FNO2. The predicted octanol–water partition coefficient (Wildman–Crippen LogP) is 1.43. The maximum atomic E-state index is 13.3. The van der Waals surface area contributed by atoms with Gasteiger partial charge in [0, 0.05) is 24.7 Å². The smallest absolute Gasteiger partial charge is 0.246 e. The molecule has 1 amide bonds. The van der Waals surface area contributed by atoms with Crippen molar-refractivity contribution in [3.05, 3.63) is 41.7 Å². The first-order chi connectivity index (χ1) is 8.16. The second-order valence-corrected chi connectivity index (χ2v) is 4.08. The summed E-state index contributed by atoms with van der Waals surface area (Å²) in [6.07, 6.45) is 2.98. The van der Waals surface area contributed by atoms with E-state index in [0.717, 1.165) is 0 Å². The molecule has 1 aliphatic rings. The van der Waals surface area contributed by atoms with Gasteiger partial charge in [0.05, 0.1) is 6.10 Å². The van der Waals surface area contributed by atoms with Gasteiger partial charge < -0.3 is 10.0 Å². The van der Waals surface area contributed by atoms with Gasteiger partial charge in [-0.2, -0.15) is 0 Å². The van der Waals surface area contributed by atoms with Gasteiger partial charge >= 0.3 is 0 Å². The summed E-state index contributed by atoms with van der Waals surface area (Å²) in [5.41, 5.74) is 0.389. The van der Waals surface area contributed by atoms with Gasteiger partial charge in [0.2, 0.25) is 5.91 Å². The molecule has 1 saturated heterocycles. The van der Waals surface area contributed by atoms with Crippen LogP contribution in [0.25, 0.3) is 6.08 Å². The van der Waals surface area contributed by atoms with Crippen LogP contribution in [0.5, 0.6) is 0 Å². The minimum Gasteiger partial charge on any atom is -0.391 e. The van der Waals surface area contributed by atoms with E-state index in [-0.39, 0.29) is 11.7 Å². The molecule has 1 aromatic carbocycles. The fourth-order valence-corrected chi connectivity index (χ4v) is 1.82. The predicted molar refractivity (Wildman–Crippen MR) is 62.6 cm³/mol. The molecule has 1 fully saturated rings. The van der Waals surface area contributed by atoms with Gasteiger partial charge in [-0.15, -0.1) is 0 Å². The van der Waals surface area contributed by atoms with E-state index in [1.807, 2.05) is 0 Å². The normalized spacial score (nSPS) is 20.1. The molecule has 0 saturated carbocycles. The lowest BCUT2D eigenvalue weighted by molar-refractivity contribution is -0.125. The largest absolute Gasteiger partial charge is 0.391 e. The quantitative estimate of drug-likeness (QED) is 0.788. The van der Waals surface area contributed by atoms with Crippen LogP contribution in [0.1, 0.15) is 12.0 Å². The number of benzene rings is 1. The summed E-state index contributed by atoms with van der Waals surface area (Å²) >= 11 is 0. The molecule has 3 nitrogen and oxygen atoms in total. The van der Waals surface area contributed by atoms with Gasteiger partial charge in [0.15, 0.2) is 0 Å². The average molecular weight is 235 g/mol. The number of aliphatic hydroxyl groups is 1. The van der Waals surface area contributed by atoms with Crippen LogP contribution in [0.4, 0.5) is 4.39 Å². The highest BCUT2D eigenvalue weighted by atomic mass is 19.1. The Morgan fingerprint density at radius 2 is 2.24 bits per heavy atom. The van der Waals surface area contributed by atoms with Crippen LogP contribution in [0.3, 0.4) is 0 Å². The van der Waals surface area contributed by atoms with E-state index >= 15 is 0 Å². The second kappa shape index (κ2) is 5.10. The molecule has 1 heterocycles. The fourth-order valence-electron chi connectivity index (χ4n) is 1.82. The topological polar surface area (TPSA) is 40.5 Å². The number of rotatable bonds is 2. The van der Waals surface area contributed by atoms with Crippen LogP contribution in [0.2, 0.25) is 0 Å². The summed E-state index contributed by atoms with van der Waals surface area (Å²) in [6, 6.07) is 6.28. The average Bonchev–Trinajstić information content (AvgIpc) is 2.74.